The van der Waals surface area contributed by atoms with Gasteiger partial charge in [-0.2, -0.15) is 34.8 Å². The molecule has 0 aromatic carbocycles. The lowest BCUT2D eigenvalue weighted by Crippen LogP contribution is -2.61. The predicted octanol–water partition coefficient (Wildman–Crippen LogP) is 3.12. The Labute approximate surface area is 187 Å². The number of nitrogens with zero attached hydrogens (tertiary/aromatic N) is 1. The maximum absolute atomic E-state index is 13.0. The lowest BCUT2D eigenvalue weighted by atomic mass is 9.79. The summed E-state index contributed by atoms with van der Waals surface area (Å²) in [6.45, 7) is 3.96. The summed E-state index contributed by atoms with van der Waals surface area (Å²) in [6, 6.07) is -1.05. The molecule has 0 spiro atoms. The van der Waals surface area contributed by atoms with Gasteiger partial charge in [0.2, 0.25) is 0 Å². The molecule has 8 nitrogen and oxygen atoms in total. The van der Waals surface area contributed by atoms with Crippen molar-refractivity contribution in [2.45, 2.75) is 63.2 Å². The summed E-state index contributed by atoms with van der Waals surface area (Å²) in [4.78, 5) is 15.9. The molecule has 0 aliphatic heterocycles. The predicted molar refractivity (Wildman–Crippen MR) is 105 cm³/mol. The minimum Gasteiger partial charge on any atom is -0.444 e. The lowest BCUT2D eigenvalue weighted by molar-refractivity contribution is -0.380. The van der Waals surface area contributed by atoms with Crippen molar-refractivity contribution in [2.75, 3.05) is 19.4 Å². The molecule has 0 aromatic heterocycles. The minimum atomic E-state index is -5.96. The van der Waals surface area contributed by atoms with Crippen LogP contribution in [0.4, 0.5) is 31.1 Å². The third-order valence-corrected chi connectivity index (χ3v) is 4.90. The zero-order chi connectivity index (χ0) is 25.9. The number of carbonyl (C=O) groups is 1. The summed E-state index contributed by atoms with van der Waals surface area (Å²) in [6.07, 6.45) is -11.7. The average Bonchev–Trinajstić information content (AvgIpc) is 2.59. The summed E-state index contributed by atoms with van der Waals surface area (Å²) in [5.74, 6) is -2.30. The van der Waals surface area contributed by atoms with E-state index < -0.39 is 64.8 Å². The molecule has 1 aliphatic rings. The molecule has 0 aromatic rings. The molecule has 1 amide bonds. The van der Waals surface area contributed by atoms with Crippen LogP contribution in [0, 0.1) is 5.92 Å². The van der Waals surface area contributed by atoms with Crippen LogP contribution < -0.4 is 5.32 Å². The fourth-order valence-corrected chi connectivity index (χ4v) is 3.25. The van der Waals surface area contributed by atoms with Gasteiger partial charge in [-0.3, -0.25) is 9.18 Å². The number of alkyl carbamates (subject to hydrolysis) is 1. The van der Waals surface area contributed by atoms with Gasteiger partial charge in [0.1, 0.15) is 5.60 Å². The number of rotatable bonds is 7. The van der Waals surface area contributed by atoms with E-state index in [0.29, 0.717) is 6.08 Å². The Kier molecular flexibility index (Phi) is 8.99. The smallest absolute Gasteiger partial charge is 0.426 e. The van der Waals surface area contributed by atoms with Gasteiger partial charge < -0.3 is 15.2 Å². The molecule has 0 radical (unpaired) electrons. The van der Waals surface area contributed by atoms with Crippen LogP contribution in [0.25, 0.3) is 0 Å². The molecule has 33 heavy (non-hydrogen) atoms. The highest BCUT2D eigenvalue weighted by Gasteiger charge is 2.73. The molecule has 0 saturated heterocycles. The fourth-order valence-electron chi connectivity index (χ4n) is 2.84. The second-order valence-corrected chi connectivity index (χ2v) is 10.1. The van der Waals surface area contributed by atoms with Crippen molar-refractivity contribution in [3.8, 4) is 0 Å². The highest BCUT2D eigenvalue weighted by atomic mass is 32.2. The van der Waals surface area contributed by atoms with Gasteiger partial charge >= 0.3 is 18.4 Å². The first-order chi connectivity index (χ1) is 14.7. The summed E-state index contributed by atoms with van der Waals surface area (Å²) < 4.78 is 110. The molecule has 0 heterocycles. The molecule has 15 heteroatoms. The van der Waals surface area contributed by atoms with E-state index in [1.54, 1.807) is 20.8 Å². The monoisotopic (exact) mass is 512 g/mol. The van der Waals surface area contributed by atoms with Gasteiger partial charge in [-0.15, -0.1) is 0 Å². The van der Waals surface area contributed by atoms with Crippen molar-refractivity contribution in [1.82, 2.24) is 5.32 Å². The van der Waals surface area contributed by atoms with Gasteiger partial charge in [-0.1, -0.05) is 6.08 Å². The van der Waals surface area contributed by atoms with E-state index in [9.17, 15) is 44.7 Å². The van der Waals surface area contributed by atoms with Crippen LogP contribution >= 0.6 is 0 Å². The molecule has 1 rings (SSSR count). The molecule has 1 aliphatic carbocycles. The van der Waals surface area contributed by atoms with Crippen molar-refractivity contribution in [3.05, 3.63) is 12.2 Å². The SMILES string of the molecule is CC(C)(C)OC(=O)NCC(COS(C)(=O)=O)N=C1C=CC(C(O)(C(F)(F)F)C(F)(F)F)CC1. The Morgan fingerprint density at radius 2 is 1.76 bits per heavy atom. The van der Waals surface area contributed by atoms with Gasteiger partial charge in [-0.05, 0) is 39.7 Å². The van der Waals surface area contributed by atoms with E-state index in [1.807, 2.05) is 0 Å². The molecule has 2 unspecified atom stereocenters. The molecular formula is C18H26F6N2O6S. The molecule has 0 fully saturated rings. The number of allylic oxidation sites excluding steroid dienone is 1. The van der Waals surface area contributed by atoms with Crippen LogP contribution in [-0.2, 0) is 19.0 Å². The Morgan fingerprint density at radius 3 is 2.15 bits per heavy atom. The second-order valence-electron chi connectivity index (χ2n) is 8.41. The maximum atomic E-state index is 13.0. The number of aliphatic imine (C=N–C) groups is 1. The highest BCUT2D eigenvalue weighted by molar-refractivity contribution is 7.85. The van der Waals surface area contributed by atoms with Crippen LogP contribution in [0.5, 0.6) is 0 Å². The molecule has 2 N–H and O–H groups in total. The zero-order valence-electron chi connectivity index (χ0n) is 18.2. The first-order valence-electron chi connectivity index (χ1n) is 9.57. The number of nitrogens with one attached hydrogen (secondary N) is 1. The number of hydrogen-bond donors (Lipinski definition) is 2. The van der Waals surface area contributed by atoms with Gasteiger partial charge in [0, 0.05) is 18.2 Å². The number of carbonyl (C=O) groups excluding carboxylic acids is 1. The average molecular weight is 512 g/mol. The molecule has 0 saturated carbocycles. The number of ether oxygens (including phenoxy) is 1. The number of aliphatic hydroxyl groups is 1. The minimum absolute atomic E-state index is 0.0334. The van der Waals surface area contributed by atoms with Crippen LogP contribution in [0.1, 0.15) is 33.6 Å². The summed E-state index contributed by atoms with van der Waals surface area (Å²) in [5.41, 5.74) is -5.73. The number of amides is 1. The lowest BCUT2D eigenvalue weighted by Gasteiger charge is -2.38. The Bertz CT molecular complexity index is 847. The number of alkyl halides is 6. The van der Waals surface area contributed by atoms with Crippen molar-refractivity contribution in [3.63, 3.8) is 0 Å². The second kappa shape index (κ2) is 10.2. The van der Waals surface area contributed by atoms with Gasteiger partial charge in [0.05, 0.1) is 18.9 Å². The number of hydrogen-bond acceptors (Lipinski definition) is 7. The van der Waals surface area contributed by atoms with E-state index in [2.05, 4.69) is 14.5 Å². The largest absolute Gasteiger partial charge is 0.444 e. The summed E-state index contributed by atoms with van der Waals surface area (Å²) in [7, 11) is -3.90. The van der Waals surface area contributed by atoms with Crippen LogP contribution in [0.3, 0.4) is 0 Å². The van der Waals surface area contributed by atoms with Crippen molar-refractivity contribution in [1.29, 1.82) is 0 Å². The van der Waals surface area contributed by atoms with Gasteiger partial charge in [0.15, 0.2) is 0 Å². The summed E-state index contributed by atoms with van der Waals surface area (Å²) >= 11 is 0. The van der Waals surface area contributed by atoms with E-state index in [0.717, 1.165) is 12.3 Å². The molecule has 192 valence electrons. The third kappa shape index (κ3) is 8.77. The van der Waals surface area contributed by atoms with Crippen molar-refractivity contribution >= 4 is 21.9 Å². The van der Waals surface area contributed by atoms with E-state index >= 15 is 0 Å². The highest BCUT2D eigenvalue weighted by Crippen LogP contribution is 2.50. The van der Waals surface area contributed by atoms with Crippen molar-refractivity contribution < 1.29 is 53.6 Å². The Hall–Kier alpha value is -1.87. The topological polar surface area (TPSA) is 114 Å². The summed E-state index contributed by atoms with van der Waals surface area (Å²) in [5, 5.41) is 11.8. The molecule has 0 bridgehead atoms. The van der Waals surface area contributed by atoms with Crippen LogP contribution in [0.2, 0.25) is 0 Å². The van der Waals surface area contributed by atoms with Gasteiger partial charge in [0.25, 0.3) is 15.7 Å². The van der Waals surface area contributed by atoms with E-state index in [-0.39, 0.29) is 18.7 Å². The maximum Gasteiger partial charge on any atom is 0.426 e. The van der Waals surface area contributed by atoms with Gasteiger partial charge in [-0.25, -0.2) is 4.79 Å². The standard InChI is InChI=1S/C18H26F6N2O6S/c1-15(2,3)32-14(27)25-9-13(10-31-33(4,29)30)26-12-7-5-11(6-8-12)16(28,17(19,20)21)18(22,23)24/h5,7,11,13,28H,6,8-10H2,1-4H3,(H,25,27). The molecule has 2 atom stereocenters. The third-order valence-electron chi connectivity index (χ3n) is 4.34. The van der Waals surface area contributed by atoms with Crippen LogP contribution in [-0.4, -0.2) is 74.3 Å². The van der Waals surface area contributed by atoms with E-state index in [4.69, 9.17) is 4.74 Å². The molecular weight excluding hydrogens is 486 g/mol. The first-order valence-corrected chi connectivity index (χ1v) is 11.4. The number of halogens is 6. The fraction of sp³-hybridized carbons (Fsp3) is 0.778. The Morgan fingerprint density at radius 1 is 1.21 bits per heavy atom. The van der Waals surface area contributed by atoms with E-state index in [1.165, 1.54) is 0 Å². The quantitative estimate of drug-likeness (QED) is 0.400. The van der Waals surface area contributed by atoms with Crippen molar-refractivity contribution in [2.24, 2.45) is 10.9 Å². The zero-order valence-corrected chi connectivity index (χ0v) is 19.1. The normalized spacial score (nSPS) is 20.6. The van der Waals surface area contributed by atoms with Crippen LogP contribution in [0.15, 0.2) is 17.1 Å². The first kappa shape index (κ1) is 29.2. The Balaban J connectivity index is 3.05.